The number of rotatable bonds is 6. The Kier molecular flexibility index (Phi) is 6.33. The lowest BCUT2D eigenvalue weighted by molar-refractivity contribution is -0.151. The summed E-state index contributed by atoms with van der Waals surface area (Å²) in [6.07, 6.45) is 11.6. The molecule has 6 heteroatoms. The molecule has 2 aromatic rings. The molecular weight excluding hydrogens is 425 g/mol. The Morgan fingerprint density at radius 1 is 1.31 bits per heavy atom. The molecule has 0 saturated carbocycles. The molecule has 0 radical (unpaired) electrons. The number of aryl methyl sites for hydroxylation is 2. The third-order valence-corrected chi connectivity index (χ3v) is 7.49. The molecule has 1 aromatic heterocycles. The van der Waals surface area contributed by atoms with Gasteiger partial charge in [-0.15, -0.1) is 11.3 Å². The largest absolute Gasteiger partial charge is 0.488 e. The molecule has 0 bridgehead atoms. The van der Waals surface area contributed by atoms with Gasteiger partial charge in [0.05, 0.1) is 10.6 Å². The number of nitrogens with zero attached hydrogens (tertiary/aromatic N) is 1. The standard InChI is InChI=1S/C26H28FNO3S/c1-16-6-4-7-18(11-10-16)24-28-17(2)23(32-24)15-31-20-12-13-21-19(14-20)8-5-9-22(21)26(3,27)25(29)30/h6-7,10-14,22H,4-5,8-9,15H2,1-3H3,(H,29,30). The van der Waals surface area contributed by atoms with Crippen molar-refractivity contribution < 1.29 is 19.0 Å². The average Bonchev–Trinajstić information content (AvgIpc) is 2.99. The molecule has 1 aromatic carbocycles. The number of carbonyl (C=O) groups is 1. The summed E-state index contributed by atoms with van der Waals surface area (Å²) < 4.78 is 20.9. The molecule has 0 aliphatic heterocycles. The molecule has 168 valence electrons. The van der Waals surface area contributed by atoms with E-state index in [-0.39, 0.29) is 0 Å². The van der Waals surface area contributed by atoms with Crippen molar-refractivity contribution in [2.75, 3.05) is 0 Å². The van der Waals surface area contributed by atoms with Crippen LogP contribution in [0.25, 0.3) is 5.57 Å². The van der Waals surface area contributed by atoms with E-state index in [0.717, 1.165) is 51.5 Å². The Labute approximate surface area is 192 Å². The Morgan fingerprint density at radius 3 is 2.91 bits per heavy atom. The lowest BCUT2D eigenvalue weighted by Crippen LogP contribution is -2.38. The first kappa shape index (κ1) is 22.5. The molecule has 32 heavy (non-hydrogen) atoms. The summed E-state index contributed by atoms with van der Waals surface area (Å²) in [5.41, 5.74) is 2.82. The monoisotopic (exact) mass is 453 g/mol. The number of carboxylic acids is 1. The number of halogens is 1. The van der Waals surface area contributed by atoms with Gasteiger partial charge in [-0.2, -0.15) is 0 Å². The predicted octanol–water partition coefficient (Wildman–Crippen LogP) is 6.55. The van der Waals surface area contributed by atoms with Crippen LogP contribution < -0.4 is 4.74 Å². The molecule has 2 atom stereocenters. The van der Waals surface area contributed by atoms with Crippen molar-refractivity contribution in [3.8, 4) is 5.75 Å². The van der Waals surface area contributed by atoms with E-state index < -0.39 is 17.6 Å². The van der Waals surface area contributed by atoms with Gasteiger partial charge in [-0.3, -0.25) is 0 Å². The summed E-state index contributed by atoms with van der Waals surface area (Å²) in [6.45, 7) is 5.67. The summed E-state index contributed by atoms with van der Waals surface area (Å²) in [6, 6.07) is 5.58. The van der Waals surface area contributed by atoms with Crippen molar-refractivity contribution in [3.63, 3.8) is 0 Å². The van der Waals surface area contributed by atoms with Gasteiger partial charge in [0.2, 0.25) is 5.67 Å². The van der Waals surface area contributed by atoms with E-state index in [1.807, 2.05) is 25.1 Å². The predicted molar refractivity (Wildman–Crippen MR) is 126 cm³/mol. The number of hydrogen-bond donors (Lipinski definition) is 1. The van der Waals surface area contributed by atoms with Crippen LogP contribution in [0.2, 0.25) is 0 Å². The topological polar surface area (TPSA) is 59.4 Å². The van der Waals surface area contributed by atoms with Crippen LogP contribution in [0.1, 0.15) is 65.7 Å². The molecule has 1 heterocycles. The zero-order valence-electron chi connectivity index (χ0n) is 18.7. The van der Waals surface area contributed by atoms with E-state index in [4.69, 9.17) is 9.72 Å². The molecule has 0 spiro atoms. The number of thiazole rings is 1. The zero-order valence-corrected chi connectivity index (χ0v) is 19.5. The summed E-state index contributed by atoms with van der Waals surface area (Å²) in [5.74, 6) is -1.33. The van der Waals surface area contributed by atoms with E-state index >= 15 is 0 Å². The van der Waals surface area contributed by atoms with Crippen molar-refractivity contribution >= 4 is 22.9 Å². The van der Waals surface area contributed by atoms with Gasteiger partial charge < -0.3 is 9.84 Å². The first-order chi connectivity index (χ1) is 15.3. The number of aliphatic carboxylic acids is 1. The number of fused-ring (bicyclic) bond motifs is 1. The van der Waals surface area contributed by atoms with Gasteiger partial charge in [0.15, 0.2) is 0 Å². The Morgan fingerprint density at radius 2 is 2.12 bits per heavy atom. The smallest absolute Gasteiger partial charge is 0.341 e. The van der Waals surface area contributed by atoms with Gasteiger partial charge in [-0.25, -0.2) is 14.2 Å². The summed E-state index contributed by atoms with van der Waals surface area (Å²) in [7, 11) is 0. The number of alkyl halides is 1. The van der Waals surface area contributed by atoms with Crippen LogP contribution >= 0.6 is 11.3 Å². The third-order valence-electron chi connectivity index (χ3n) is 6.31. The van der Waals surface area contributed by atoms with Gasteiger partial charge in [-0.05, 0) is 69.7 Å². The third kappa shape index (κ3) is 4.56. The first-order valence-corrected chi connectivity index (χ1v) is 11.8. The fourth-order valence-electron chi connectivity index (χ4n) is 4.31. The van der Waals surface area contributed by atoms with Crippen molar-refractivity contribution in [1.29, 1.82) is 0 Å². The second-order valence-corrected chi connectivity index (χ2v) is 9.76. The Balaban J connectivity index is 1.49. The maximum atomic E-state index is 14.8. The van der Waals surface area contributed by atoms with E-state index in [1.165, 1.54) is 12.5 Å². The van der Waals surface area contributed by atoms with Crippen molar-refractivity contribution in [1.82, 2.24) is 4.98 Å². The fourth-order valence-corrected chi connectivity index (χ4v) is 5.31. The quantitative estimate of drug-likeness (QED) is 0.539. The normalized spacial score (nSPS) is 19.9. The number of ether oxygens (including phenoxy) is 1. The van der Waals surface area contributed by atoms with Gasteiger partial charge in [0.25, 0.3) is 0 Å². The van der Waals surface area contributed by atoms with Crippen LogP contribution in [0.5, 0.6) is 5.75 Å². The summed E-state index contributed by atoms with van der Waals surface area (Å²) >= 11 is 1.64. The molecule has 2 aliphatic rings. The average molecular weight is 454 g/mol. The van der Waals surface area contributed by atoms with Crippen LogP contribution in [-0.2, 0) is 17.8 Å². The number of hydrogen-bond acceptors (Lipinski definition) is 4. The summed E-state index contributed by atoms with van der Waals surface area (Å²) in [5, 5.41) is 10.3. The number of benzene rings is 1. The van der Waals surface area contributed by atoms with Gasteiger partial charge in [0, 0.05) is 11.5 Å². The highest BCUT2D eigenvalue weighted by molar-refractivity contribution is 7.12. The number of allylic oxidation sites excluding steroid dienone is 6. The molecule has 4 rings (SSSR count). The number of aromatic nitrogens is 1. The fraction of sp³-hybridized carbons (Fsp3) is 0.385. The lowest BCUT2D eigenvalue weighted by atomic mass is 9.75. The zero-order chi connectivity index (χ0) is 22.9. The second kappa shape index (κ2) is 9.02. The minimum absolute atomic E-state index is 0.413. The molecule has 1 N–H and O–H groups in total. The molecule has 0 fully saturated rings. The molecule has 0 saturated heterocycles. The highest BCUT2D eigenvalue weighted by Crippen LogP contribution is 2.42. The lowest BCUT2D eigenvalue weighted by Gasteiger charge is -2.32. The minimum Gasteiger partial charge on any atom is -0.488 e. The molecule has 4 nitrogen and oxygen atoms in total. The van der Waals surface area contributed by atoms with E-state index in [2.05, 4.69) is 31.2 Å². The highest BCUT2D eigenvalue weighted by atomic mass is 32.1. The van der Waals surface area contributed by atoms with E-state index in [1.54, 1.807) is 11.3 Å². The number of carboxylic acid groups (broad SMARTS) is 1. The van der Waals surface area contributed by atoms with Gasteiger partial charge >= 0.3 is 5.97 Å². The maximum absolute atomic E-state index is 14.8. The van der Waals surface area contributed by atoms with E-state index in [9.17, 15) is 14.3 Å². The van der Waals surface area contributed by atoms with Crippen LogP contribution in [0.3, 0.4) is 0 Å². The van der Waals surface area contributed by atoms with Gasteiger partial charge in [0.1, 0.15) is 17.4 Å². The SMILES string of the molecule is CC1=CCC=C(c2nc(C)c(COc3ccc4c(c3)CCCC4C(C)(F)C(=O)O)s2)C=C1. The van der Waals surface area contributed by atoms with Crippen LogP contribution in [-0.4, -0.2) is 21.7 Å². The van der Waals surface area contributed by atoms with Crippen LogP contribution in [0.4, 0.5) is 4.39 Å². The first-order valence-electron chi connectivity index (χ1n) is 11.0. The summed E-state index contributed by atoms with van der Waals surface area (Å²) in [4.78, 5) is 17.2. The van der Waals surface area contributed by atoms with E-state index in [0.29, 0.717) is 18.8 Å². The van der Waals surface area contributed by atoms with Crippen LogP contribution in [0.15, 0.2) is 48.1 Å². The second-order valence-electron chi connectivity index (χ2n) is 8.68. The molecule has 2 aliphatic carbocycles. The Bertz CT molecular complexity index is 1130. The minimum atomic E-state index is -2.27. The van der Waals surface area contributed by atoms with Crippen molar-refractivity contribution in [2.24, 2.45) is 0 Å². The molecule has 2 unspecified atom stereocenters. The molecular formula is C26H28FNO3S. The van der Waals surface area contributed by atoms with Crippen molar-refractivity contribution in [2.45, 2.75) is 64.6 Å². The molecule has 0 amide bonds. The Hall–Kier alpha value is -2.73. The van der Waals surface area contributed by atoms with Gasteiger partial charge in [-0.1, -0.05) is 35.9 Å². The maximum Gasteiger partial charge on any atom is 0.341 e. The van der Waals surface area contributed by atoms with Crippen LogP contribution in [0, 0.1) is 6.92 Å². The van der Waals surface area contributed by atoms with Crippen molar-refractivity contribution in [3.05, 3.63) is 74.8 Å². The highest BCUT2D eigenvalue weighted by Gasteiger charge is 2.44.